The number of carbonyl (C=O) groups is 2. The molecule has 1 aliphatic rings. The largest absolute Gasteiger partial charge is 0.441 e. The highest BCUT2D eigenvalue weighted by molar-refractivity contribution is 5.78. The first kappa shape index (κ1) is 17.8. The molecule has 0 spiro atoms. The van der Waals surface area contributed by atoms with Crippen molar-refractivity contribution in [2.24, 2.45) is 5.73 Å². The number of benzene rings is 2. The Hall–Kier alpha value is -3.02. The van der Waals surface area contributed by atoms with Gasteiger partial charge in [-0.15, -0.1) is 0 Å². The predicted molar refractivity (Wildman–Crippen MR) is 98.5 cm³/mol. The number of nitrogens with zero attached hydrogens (tertiary/aromatic N) is 2. The quantitative estimate of drug-likeness (QED) is 0.896. The zero-order valence-corrected chi connectivity index (χ0v) is 14.5. The Morgan fingerprint density at radius 3 is 2.31 bits per heavy atom. The summed E-state index contributed by atoms with van der Waals surface area (Å²) in [5, 5.41) is 0. The number of hydrogen-bond donors (Lipinski definition) is 1. The third-order valence-electron chi connectivity index (χ3n) is 4.49. The Bertz CT molecular complexity index is 728. The van der Waals surface area contributed by atoms with Crippen LogP contribution in [0.3, 0.4) is 0 Å². The fraction of sp³-hybridized carbons (Fsp3) is 0.300. The molecule has 2 N–H and O–H groups in total. The molecule has 1 aliphatic heterocycles. The smallest absolute Gasteiger partial charge is 0.405 e. The molecule has 0 aromatic heterocycles. The van der Waals surface area contributed by atoms with Crippen molar-refractivity contribution in [2.75, 3.05) is 31.1 Å². The molecular formula is C20H22N3O3. The average molecular weight is 352 g/mol. The van der Waals surface area contributed by atoms with Crippen molar-refractivity contribution in [3.63, 3.8) is 0 Å². The number of anilines is 1. The van der Waals surface area contributed by atoms with Crippen LogP contribution in [-0.2, 0) is 9.53 Å². The molecule has 1 unspecified atom stereocenters. The maximum absolute atomic E-state index is 12.7. The van der Waals surface area contributed by atoms with Crippen molar-refractivity contribution in [3.05, 3.63) is 66.2 Å². The molecule has 2 aromatic carbocycles. The van der Waals surface area contributed by atoms with Crippen LogP contribution in [0.25, 0.3) is 0 Å². The van der Waals surface area contributed by atoms with Crippen LogP contribution in [0, 0.1) is 6.07 Å². The highest BCUT2D eigenvalue weighted by Gasteiger charge is 2.26. The van der Waals surface area contributed by atoms with Gasteiger partial charge in [0.15, 0.2) is 0 Å². The number of primary amides is 1. The van der Waals surface area contributed by atoms with Gasteiger partial charge >= 0.3 is 6.09 Å². The van der Waals surface area contributed by atoms with E-state index in [2.05, 4.69) is 11.0 Å². The lowest BCUT2D eigenvalue weighted by molar-refractivity contribution is -0.133. The molecule has 6 heteroatoms. The van der Waals surface area contributed by atoms with E-state index in [0.29, 0.717) is 13.1 Å². The third kappa shape index (κ3) is 4.53. The van der Waals surface area contributed by atoms with Gasteiger partial charge in [-0.2, -0.15) is 0 Å². The van der Waals surface area contributed by atoms with E-state index in [1.807, 2.05) is 59.5 Å². The summed E-state index contributed by atoms with van der Waals surface area (Å²) >= 11 is 0. The number of carbonyl (C=O) groups excluding carboxylic acids is 2. The Kier molecular flexibility index (Phi) is 5.73. The van der Waals surface area contributed by atoms with E-state index in [9.17, 15) is 9.59 Å². The minimum Gasteiger partial charge on any atom is -0.441 e. The summed E-state index contributed by atoms with van der Waals surface area (Å²) in [4.78, 5) is 27.9. The first-order valence-electron chi connectivity index (χ1n) is 8.63. The van der Waals surface area contributed by atoms with Crippen LogP contribution in [0.4, 0.5) is 10.5 Å². The van der Waals surface area contributed by atoms with Gasteiger partial charge in [-0.05, 0) is 23.8 Å². The van der Waals surface area contributed by atoms with Crippen LogP contribution < -0.4 is 10.6 Å². The molecule has 0 bridgehead atoms. The minimum absolute atomic E-state index is 0.0406. The van der Waals surface area contributed by atoms with Gasteiger partial charge in [0, 0.05) is 31.9 Å². The second kappa shape index (κ2) is 8.38. The van der Waals surface area contributed by atoms with Crippen molar-refractivity contribution >= 4 is 17.7 Å². The molecule has 135 valence electrons. The summed E-state index contributed by atoms with van der Waals surface area (Å²) < 4.78 is 5.17. The number of ether oxygens (including phenoxy) is 1. The van der Waals surface area contributed by atoms with Crippen molar-refractivity contribution in [1.82, 2.24) is 4.90 Å². The van der Waals surface area contributed by atoms with E-state index in [4.69, 9.17) is 10.5 Å². The van der Waals surface area contributed by atoms with Gasteiger partial charge in [-0.25, -0.2) is 4.79 Å². The molecule has 6 nitrogen and oxygen atoms in total. The van der Waals surface area contributed by atoms with Crippen LogP contribution in [0.2, 0.25) is 0 Å². The Labute approximate surface area is 153 Å². The Morgan fingerprint density at radius 2 is 1.69 bits per heavy atom. The zero-order valence-electron chi connectivity index (χ0n) is 14.5. The molecule has 2 amide bonds. The first-order chi connectivity index (χ1) is 12.6. The maximum atomic E-state index is 12.7. The monoisotopic (exact) mass is 352 g/mol. The second-order valence-electron chi connectivity index (χ2n) is 6.17. The van der Waals surface area contributed by atoms with E-state index in [1.54, 1.807) is 0 Å². The highest BCUT2D eigenvalue weighted by atomic mass is 16.6. The molecule has 1 radical (unpaired) electrons. The van der Waals surface area contributed by atoms with Crippen LogP contribution >= 0.6 is 0 Å². The molecule has 1 fully saturated rings. The summed E-state index contributed by atoms with van der Waals surface area (Å²) in [5.74, 6) is -0.0406. The lowest BCUT2D eigenvalue weighted by atomic mass is 10.1. The lowest BCUT2D eigenvalue weighted by Crippen LogP contribution is -2.49. The fourth-order valence-electron chi connectivity index (χ4n) is 3.13. The molecule has 1 heterocycles. The molecule has 0 saturated carbocycles. The maximum Gasteiger partial charge on any atom is 0.405 e. The van der Waals surface area contributed by atoms with Gasteiger partial charge in [0.1, 0.15) is 6.10 Å². The molecule has 26 heavy (non-hydrogen) atoms. The standard InChI is InChI=1S/C20H22N3O3/c21-20(25)26-18(16-7-3-1-4-8-16)15-19(24)23-13-11-22(12-14-23)17-9-5-2-6-10-17/h1,3-10,18H,11-15H2,(H2,21,25). The summed E-state index contributed by atoms with van der Waals surface area (Å²) in [7, 11) is 0. The van der Waals surface area contributed by atoms with E-state index in [0.717, 1.165) is 24.3 Å². The molecular weight excluding hydrogens is 330 g/mol. The lowest BCUT2D eigenvalue weighted by Gasteiger charge is -2.36. The zero-order chi connectivity index (χ0) is 18.4. The fourth-order valence-corrected chi connectivity index (χ4v) is 3.13. The van der Waals surface area contributed by atoms with Gasteiger partial charge in [0.05, 0.1) is 6.42 Å². The van der Waals surface area contributed by atoms with E-state index in [1.165, 1.54) is 0 Å². The molecule has 1 saturated heterocycles. The van der Waals surface area contributed by atoms with Crippen LogP contribution in [-0.4, -0.2) is 43.1 Å². The third-order valence-corrected chi connectivity index (χ3v) is 4.49. The molecule has 3 rings (SSSR count). The van der Waals surface area contributed by atoms with Crippen LogP contribution in [0.5, 0.6) is 0 Å². The average Bonchev–Trinajstić information content (AvgIpc) is 2.68. The van der Waals surface area contributed by atoms with Crippen molar-refractivity contribution in [2.45, 2.75) is 12.5 Å². The van der Waals surface area contributed by atoms with Crippen molar-refractivity contribution in [3.8, 4) is 0 Å². The Balaban J connectivity index is 1.59. The Morgan fingerprint density at radius 1 is 1.04 bits per heavy atom. The number of hydrogen-bond acceptors (Lipinski definition) is 4. The summed E-state index contributed by atoms with van der Waals surface area (Å²) in [6.07, 6.45) is -1.45. The highest BCUT2D eigenvalue weighted by Crippen LogP contribution is 2.23. The van der Waals surface area contributed by atoms with E-state index < -0.39 is 12.2 Å². The summed E-state index contributed by atoms with van der Waals surface area (Å²) in [5.41, 5.74) is 7.07. The first-order valence-corrected chi connectivity index (χ1v) is 8.63. The number of piperazine rings is 1. The van der Waals surface area contributed by atoms with Crippen LogP contribution in [0.15, 0.2) is 54.6 Å². The predicted octanol–water partition coefficient (Wildman–Crippen LogP) is 2.36. The molecule has 1 atom stereocenters. The summed E-state index contributed by atoms with van der Waals surface area (Å²) in [6, 6.07) is 20.0. The minimum atomic E-state index is -0.877. The van der Waals surface area contributed by atoms with Gasteiger partial charge in [-0.3, -0.25) is 4.79 Å². The van der Waals surface area contributed by atoms with Crippen molar-refractivity contribution in [1.29, 1.82) is 0 Å². The normalized spacial score (nSPS) is 15.4. The topological polar surface area (TPSA) is 75.9 Å². The number of nitrogens with two attached hydrogens (primary N) is 1. The number of amides is 2. The van der Waals surface area contributed by atoms with Gasteiger partial charge < -0.3 is 20.3 Å². The van der Waals surface area contributed by atoms with Gasteiger partial charge in [0.25, 0.3) is 0 Å². The number of rotatable bonds is 5. The van der Waals surface area contributed by atoms with Crippen molar-refractivity contribution < 1.29 is 14.3 Å². The van der Waals surface area contributed by atoms with E-state index in [-0.39, 0.29) is 12.3 Å². The van der Waals surface area contributed by atoms with E-state index >= 15 is 0 Å². The van der Waals surface area contributed by atoms with Gasteiger partial charge in [-0.1, -0.05) is 42.5 Å². The molecule has 2 aromatic rings. The van der Waals surface area contributed by atoms with Crippen LogP contribution in [0.1, 0.15) is 18.1 Å². The second-order valence-corrected chi connectivity index (χ2v) is 6.17. The summed E-state index contributed by atoms with van der Waals surface area (Å²) in [6.45, 7) is 2.80. The molecule has 0 aliphatic carbocycles. The van der Waals surface area contributed by atoms with Gasteiger partial charge in [0.2, 0.25) is 5.91 Å². The SMILES string of the molecule is NC(=O)OC(CC(=O)N1CCN(c2cc[c]cc2)CC1)c1ccccc1.